The first-order valence-electron chi connectivity index (χ1n) is 7.04. The topological polar surface area (TPSA) is 49.9 Å². The summed E-state index contributed by atoms with van der Waals surface area (Å²) in [5.74, 6) is 0.823. The molecule has 1 aromatic carbocycles. The fourth-order valence-corrected chi connectivity index (χ4v) is 3.59. The van der Waals surface area contributed by atoms with E-state index in [-0.39, 0.29) is 0 Å². The fraction of sp³-hybridized carbons (Fsp3) is 0.467. The summed E-state index contributed by atoms with van der Waals surface area (Å²) < 4.78 is 32.5. The number of methoxy groups -OCH3 is 1. The van der Waals surface area contributed by atoms with Crippen molar-refractivity contribution in [3.05, 3.63) is 35.9 Å². The largest absolute Gasteiger partial charge is 0.497 e. The quantitative estimate of drug-likeness (QED) is 0.835. The molecule has 0 amide bonds. The van der Waals surface area contributed by atoms with Crippen LogP contribution in [0.2, 0.25) is 0 Å². The molecule has 0 bridgehead atoms. The molecule has 2 rings (SSSR count). The van der Waals surface area contributed by atoms with Crippen LogP contribution in [0.5, 0.6) is 5.75 Å². The van der Waals surface area contributed by atoms with Gasteiger partial charge in [0.15, 0.2) is 0 Å². The third-order valence-electron chi connectivity index (χ3n) is 3.80. The van der Waals surface area contributed by atoms with Gasteiger partial charge in [0.2, 0.25) is 0 Å². The zero-order valence-corrected chi connectivity index (χ0v) is 13.6. The lowest BCUT2D eigenvalue weighted by Crippen LogP contribution is -2.43. The molecule has 5 nitrogen and oxygen atoms in total. The van der Waals surface area contributed by atoms with E-state index in [2.05, 4.69) is 0 Å². The Morgan fingerprint density at radius 3 is 2.43 bits per heavy atom. The zero-order chi connectivity index (χ0) is 15.5. The van der Waals surface area contributed by atoms with E-state index in [0.717, 1.165) is 17.7 Å². The highest BCUT2D eigenvalue weighted by Gasteiger charge is 2.27. The molecular weight excluding hydrogens is 288 g/mol. The van der Waals surface area contributed by atoms with Crippen LogP contribution in [0.1, 0.15) is 18.9 Å². The van der Waals surface area contributed by atoms with E-state index in [1.165, 1.54) is 14.2 Å². The number of hydrogen-bond donors (Lipinski definition) is 0. The molecule has 1 aliphatic rings. The number of hydrogen-bond acceptors (Lipinski definition) is 3. The van der Waals surface area contributed by atoms with Crippen molar-refractivity contribution in [2.75, 3.05) is 33.8 Å². The Bertz CT molecular complexity index is 608. The lowest BCUT2D eigenvalue weighted by molar-refractivity contribution is 0.382. The van der Waals surface area contributed by atoms with Crippen molar-refractivity contribution in [2.45, 2.75) is 13.3 Å². The number of rotatable bonds is 5. The van der Waals surface area contributed by atoms with Crippen LogP contribution in [0.25, 0.3) is 5.57 Å². The van der Waals surface area contributed by atoms with Crippen molar-refractivity contribution in [1.29, 1.82) is 0 Å². The van der Waals surface area contributed by atoms with Crippen LogP contribution in [-0.2, 0) is 10.2 Å². The number of ether oxygens (including phenoxy) is 1. The molecule has 1 heterocycles. The van der Waals surface area contributed by atoms with Gasteiger partial charge in [-0.2, -0.15) is 17.0 Å². The van der Waals surface area contributed by atoms with Crippen molar-refractivity contribution in [1.82, 2.24) is 8.61 Å². The van der Waals surface area contributed by atoms with E-state index in [1.54, 1.807) is 14.2 Å². The first kappa shape index (κ1) is 16.0. The van der Waals surface area contributed by atoms with Crippen molar-refractivity contribution in [2.24, 2.45) is 0 Å². The molecule has 0 aromatic heterocycles. The second-order valence-electron chi connectivity index (χ2n) is 4.99. The van der Waals surface area contributed by atoms with Gasteiger partial charge in [0.1, 0.15) is 5.75 Å². The molecule has 1 aromatic rings. The van der Waals surface area contributed by atoms with E-state index in [9.17, 15) is 8.42 Å². The molecule has 0 aliphatic carbocycles. The Hall–Kier alpha value is -1.37. The SMILES string of the molecule is CCN(C)S(=O)(=O)N1CC=C(c2ccc(OC)cc2)CC1. The predicted octanol–water partition coefficient (Wildman–Crippen LogP) is 1.98. The van der Waals surface area contributed by atoms with E-state index < -0.39 is 10.2 Å². The minimum absolute atomic E-state index is 0.425. The standard InChI is InChI=1S/C15H22N2O3S/c1-4-16(2)21(18,19)17-11-9-14(10-12-17)13-5-7-15(20-3)8-6-13/h5-9H,4,10-12H2,1-3H3. The third-order valence-corrected chi connectivity index (χ3v) is 5.83. The molecule has 1 aliphatic heterocycles. The van der Waals surface area contributed by atoms with Crippen LogP contribution in [-0.4, -0.2) is 50.8 Å². The maximum Gasteiger partial charge on any atom is 0.282 e. The molecule has 0 saturated heterocycles. The lowest BCUT2D eigenvalue weighted by Gasteiger charge is -2.29. The van der Waals surface area contributed by atoms with E-state index in [1.807, 2.05) is 37.3 Å². The number of benzene rings is 1. The van der Waals surface area contributed by atoms with Crippen molar-refractivity contribution >= 4 is 15.8 Å². The Balaban J connectivity index is 2.11. The Morgan fingerprint density at radius 2 is 1.95 bits per heavy atom. The van der Waals surface area contributed by atoms with Gasteiger partial charge in [-0.05, 0) is 29.7 Å². The van der Waals surface area contributed by atoms with Crippen molar-refractivity contribution in [3.63, 3.8) is 0 Å². The van der Waals surface area contributed by atoms with Crippen LogP contribution >= 0.6 is 0 Å². The maximum absolute atomic E-state index is 12.2. The van der Waals surface area contributed by atoms with Crippen LogP contribution < -0.4 is 4.74 Å². The maximum atomic E-state index is 12.2. The first-order valence-corrected chi connectivity index (χ1v) is 8.43. The molecule has 0 N–H and O–H groups in total. The lowest BCUT2D eigenvalue weighted by atomic mass is 10.0. The van der Waals surface area contributed by atoms with Gasteiger partial charge in [-0.1, -0.05) is 25.1 Å². The Morgan fingerprint density at radius 1 is 1.29 bits per heavy atom. The average molecular weight is 310 g/mol. The summed E-state index contributed by atoms with van der Waals surface area (Å²) in [6.07, 6.45) is 2.72. The normalized spacial score (nSPS) is 16.9. The van der Waals surface area contributed by atoms with Gasteiger partial charge in [-0.15, -0.1) is 0 Å². The van der Waals surface area contributed by atoms with Gasteiger partial charge < -0.3 is 4.74 Å². The van der Waals surface area contributed by atoms with E-state index in [4.69, 9.17) is 4.74 Å². The van der Waals surface area contributed by atoms with Crippen LogP contribution in [0.4, 0.5) is 0 Å². The summed E-state index contributed by atoms with van der Waals surface area (Å²) in [6, 6.07) is 7.86. The molecule has 0 radical (unpaired) electrons. The Kier molecular flexibility index (Phi) is 5.03. The average Bonchev–Trinajstić information content (AvgIpc) is 2.54. The minimum Gasteiger partial charge on any atom is -0.497 e. The molecule has 0 saturated carbocycles. The van der Waals surface area contributed by atoms with E-state index in [0.29, 0.717) is 19.6 Å². The van der Waals surface area contributed by atoms with E-state index >= 15 is 0 Å². The zero-order valence-electron chi connectivity index (χ0n) is 12.7. The summed E-state index contributed by atoms with van der Waals surface area (Å²) in [5.41, 5.74) is 2.31. The molecule has 116 valence electrons. The highest BCUT2D eigenvalue weighted by atomic mass is 32.2. The second-order valence-corrected chi connectivity index (χ2v) is 7.02. The molecule has 6 heteroatoms. The third kappa shape index (κ3) is 3.45. The molecule has 0 unspecified atom stereocenters. The van der Waals surface area contributed by atoms with Crippen LogP contribution in [0.3, 0.4) is 0 Å². The molecule has 0 atom stereocenters. The summed E-state index contributed by atoms with van der Waals surface area (Å²) in [6.45, 7) is 3.26. The molecule has 0 spiro atoms. The molecular formula is C15H22N2O3S. The van der Waals surface area contributed by atoms with Gasteiger partial charge in [0, 0.05) is 26.7 Å². The van der Waals surface area contributed by atoms with Gasteiger partial charge >= 0.3 is 0 Å². The highest BCUT2D eigenvalue weighted by molar-refractivity contribution is 7.86. The minimum atomic E-state index is -3.33. The summed E-state index contributed by atoms with van der Waals surface area (Å²) in [7, 11) is -0.0764. The molecule has 21 heavy (non-hydrogen) atoms. The van der Waals surface area contributed by atoms with Crippen molar-refractivity contribution in [3.8, 4) is 5.75 Å². The Labute approximate surface area is 127 Å². The fourth-order valence-electron chi connectivity index (χ4n) is 2.29. The summed E-state index contributed by atoms with van der Waals surface area (Å²) in [5, 5.41) is 0. The monoisotopic (exact) mass is 310 g/mol. The van der Waals surface area contributed by atoms with Gasteiger partial charge in [0.25, 0.3) is 10.2 Å². The van der Waals surface area contributed by atoms with Gasteiger partial charge in [0.05, 0.1) is 7.11 Å². The van der Waals surface area contributed by atoms with Gasteiger partial charge in [-0.25, -0.2) is 0 Å². The smallest absolute Gasteiger partial charge is 0.282 e. The highest BCUT2D eigenvalue weighted by Crippen LogP contribution is 2.25. The first-order chi connectivity index (χ1) is 9.98. The second kappa shape index (κ2) is 6.60. The number of nitrogens with zero attached hydrogens (tertiary/aromatic N) is 2. The summed E-state index contributed by atoms with van der Waals surface area (Å²) >= 11 is 0. The predicted molar refractivity (Wildman–Crippen MR) is 84.4 cm³/mol. The molecule has 0 fully saturated rings. The van der Waals surface area contributed by atoms with Crippen LogP contribution in [0.15, 0.2) is 30.3 Å². The summed E-state index contributed by atoms with van der Waals surface area (Å²) in [4.78, 5) is 0. The van der Waals surface area contributed by atoms with Crippen LogP contribution in [0, 0.1) is 0 Å². The van der Waals surface area contributed by atoms with Gasteiger partial charge in [-0.3, -0.25) is 0 Å². The van der Waals surface area contributed by atoms with Crippen molar-refractivity contribution < 1.29 is 13.2 Å².